The van der Waals surface area contributed by atoms with Crippen molar-refractivity contribution in [2.75, 3.05) is 6.61 Å². The van der Waals surface area contributed by atoms with E-state index in [0.717, 1.165) is 10.2 Å². The maximum absolute atomic E-state index is 11.1. The molecule has 1 heterocycles. The first-order chi connectivity index (χ1) is 6.22. The fourth-order valence-corrected chi connectivity index (χ4v) is 1.34. The van der Waals surface area contributed by atoms with Crippen molar-refractivity contribution < 1.29 is 9.53 Å². The van der Waals surface area contributed by atoms with E-state index in [1.807, 2.05) is 0 Å². The molecular weight excluding hydrogens is 234 g/mol. The van der Waals surface area contributed by atoms with E-state index in [1.54, 1.807) is 25.3 Å². The lowest BCUT2D eigenvalue weighted by molar-refractivity contribution is -0.142. The van der Waals surface area contributed by atoms with Gasteiger partial charge in [0.25, 0.3) is 0 Å². The summed E-state index contributed by atoms with van der Waals surface area (Å²) in [7, 11) is 0. The number of esters is 1. The van der Waals surface area contributed by atoms with Gasteiger partial charge in [0.1, 0.15) is 4.60 Å². The lowest BCUT2D eigenvalue weighted by Crippen LogP contribution is -2.07. The number of ether oxygens (including phenoxy) is 1. The van der Waals surface area contributed by atoms with E-state index in [-0.39, 0.29) is 5.97 Å². The molecule has 0 aliphatic heterocycles. The second kappa shape index (κ2) is 4.97. The van der Waals surface area contributed by atoms with Crippen molar-refractivity contribution in [2.45, 2.75) is 13.3 Å². The molecule has 0 N–H and O–H groups in total. The van der Waals surface area contributed by atoms with Crippen molar-refractivity contribution in [1.82, 2.24) is 4.98 Å². The SMILES string of the molecule is CCOC(=O)Cc1ccnc(Br)c1. The van der Waals surface area contributed by atoms with Gasteiger partial charge < -0.3 is 4.74 Å². The zero-order valence-electron chi connectivity index (χ0n) is 7.29. The molecule has 0 fully saturated rings. The Labute approximate surface area is 85.3 Å². The van der Waals surface area contributed by atoms with Crippen LogP contribution in [0.3, 0.4) is 0 Å². The number of hydrogen-bond donors (Lipinski definition) is 0. The molecule has 0 unspecified atom stereocenters. The highest BCUT2D eigenvalue weighted by atomic mass is 79.9. The topological polar surface area (TPSA) is 39.2 Å². The van der Waals surface area contributed by atoms with Crippen LogP contribution in [0.2, 0.25) is 0 Å². The lowest BCUT2D eigenvalue weighted by Gasteiger charge is -2.01. The summed E-state index contributed by atoms with van der Waals surface area (Å²) >= 11 is 3.23. The van der Waals surface area contributed by atoms with Crippen LogP contribution in [0.4, 0.5) is 0 Å². The third kappa shape index (κ3) is 3.55. The first-order valence-electron chi connectivity index (χ1n) is 3.98. The van der Waals surface area contributed by atoms with Crippen LogP contribution in [0, 0.1) is 0 Å². The molecule has 0 radical (unpaired) electrons. The summed E-state index contributed by atoms with van der Waals surface area (Å²) < 4.78 is 5.54. The Bertz CT molecular complexity index is 301. The number of rotatable bonds is 3. The van der Waals surface area contributed by atoms with Crippen molar-refractivity contribution in [3.8, 4) is 0 Å². The van der Waals surface area contributed by atoms with Gasteiger partial charge in [0.05, 0.1) is 13.0 Å². The molecule has 0 amide bonds. The van der Waals surface area contributed by atoms with Crippen LogP contribution >= 0.6 is 15.9 Å². The fourth-order valence-electron chi connectivity index (χ4n) is 0.931. The average Bonchev–Trinajstić information content (AvgIpc) is 2.04. The summed E-state index contributed by atoms with van der Waals surface area (Å²) in [5.74, 6) is -0.208. The Kier molecular flexibility index (Phi) is 3.89. The molecule has 0 aromatic carbocycles. The summed E-state index contributed by atoms with van der Waals surface area (Å²) in [5.41, 5.74) is 0.903. The van der Waals surface area contributed by atoms with E-state index in [9.17, 15) is 4.79 Å². The Morgan fingerprint density at radius 2 is 2.46 bits per heavy atom. The minimum atomic E-state index is -0.208. The molecule has 70 valence electrons. The van der Waals surface area contributed by atoms with Gasteiger partial charge in [-0.15, -0.1) is 0 Å². The number of hydrogen-bond acceptors (Lipinski definition) is 3. The molecule has 1 rings (SSSR count). The monoisotopic (exact) mass is 243 g/mol. The van der Waals surface area contributed by atoms with E-state index in [2.05, 4.69) is 20.9 Å². The van der Waals surface area contributed by atoms with Crippen molar-refractivity contribution in [3.05, 3.63) is 28.5 Å². The van der Waals surface area contributed by atoms with Crippen molar-refractivity contribution in [2.24, 2.45) is 0 Å². The molecule has 0 bridgehead atoms. The minimum absolute atomic E-state index is 0.208. The van der Waals surface area contributed by atoms with Gasteiger partial charge in [0, 0.05) is 6.20 Å². The van der Waals surface area contributed by atoms with Gasteiger partial charge in [-0.05, 0) is 40.5 Å². The molecule has 0 saturated heterocycles. The maximum Gasteiger partial charge on any atom is 0.310 e. The van der Waals surface area contributed by atoms with Crippen molar-refractivity contribution in [1.29, 1.82) is 0 Å². The summed E-state index contributed by atoms with van der Waals surface area (Å²) in [6, 6.07) is 3.60. The van der Waals surface area contributed by atoms with Gasteiger partial charge in [0.2, 0.25) is 0 Å². The van der Waals surface area contributed by atoms with Gasteiger partial charge >= 0.3 is 5.97 Å². The predicted octanol–water partition coefficient (Wildman–Crippen LogP) is 1.95. The molecular formula is C9H10BrNO2. The first kappa shape index (κ1) is 10.2. The molecule has 0 aliphatic rings. The third-order valence-corrected chi connectivity index (χ3v) is 1.88. The Morgan fingerprint density at radius 3 is 3.08 bits per heavy atom. The van der Waals surface area contributed by atoms with Crippen LogP contribution in [0.5, 0.6) is 0 Å². The highest BCUT2D eigenvalue weighted by molar-refractivity contribution is 9.10. The number of aromatic nitrogens is 1. The van der Waals surface area contributed by atoms with E-state index in [1.165, 1.54) is 0 Å². The second-order valence-corrected chi connectivity index (χ2v) is 3.28. The maximum atomic E-state index is 11.1. The molecule has 0 aliphatic carbocycles. The average molecular weight is 244 g/mol. The molecule has 1 aromatic heterocycles. The predicted molar refractivity (Wildman–Crippen MR) is 52.3 cm³/mol. The van der Waals surface area contributed by atoms with Crippen molar-refractivity contribution in [3.63, 3.8) is 0 Å². The van der Waals surface area contributed by atoms with Crippen LogP contribution in [0.15, 0.2) is 22.9 Å². The fraction of sp³-hybridized carbons (Fsp3) is 0.333. The zero-order chi connectivity index (χ0) is 9.68. The molecule has 0 spiro atoms. The van der Waals surface area contributed by atoms with Crippen molar-refractivity contribution >= 4 is 21.9 Å². The smallest absolute Gasteiger partial charge is 0.310 e. The number of pyridine rings is 1. The van der Waals surface area contributed by atoms with Gasteiger partial charge in [-0.3, -0.25) is 4.79 Å². The number of carbonyl (C=O) groups is 1. The molecule has 4 heteroatoms. The van der Waals surface area contributed by atoms with Crippen LogP contribution in [-0.4, -0.2) is 17.6 Å². The highest BCUT2D eigenvalue weighted by Gasteiger charge is 2.03. The number of carbonyl (C=O) groups excluding carboxylic acids is 1. The van der Waals surface area contributed by atoms with Crippen LogP contribution < -0.4 is 0 Å². The summed E-state index contributed by atoms with van der Waals surface area (Å²) in [4.78, 5) is 15.0. The second-order valence-electron chi connectivity index (χ2n) is 2.47. The molecule has 3 nitrogen and oxygen atoms in total. The zero-order valence-corrected chi connectivity index (χ0v) is 8.87. The van der Waals surface area contributed by atoms with Crippen LogP contribution in [-0.2, 0) is 16.0 Å². The summed E-state index contributed by atoms with van der Waals surface area (Å²) in [6.45, 7) is 2.21. The number of nitrogens with zero attached hydrogens (tertiary/aromatic N) is 1. The third-order valence-electron chi connectivity index (χ3n) is 1.44. The Balaban J connectivity index is 2.58. The van der Waals surface area contributed by atoms with Crippen LogP contribution in [0.1, 0.15) is 12.5 Å². The largest absolute Gasteiger partial charge is 0.466 e. The molecule has 0 saturated carbocycles. The number of halogens is 1. The van der Waals surface area contributed by atoms with E-state index >= 15 is 0 Å². The molecule has 13 heavy (non-hydrogen) atoms. The van der Waals surface area contributed by atoms with Gasteiger partial charge in [-0.25, -0.2) is 4.98 Å². The standard InChI is InChI=1S/C9H10BrNO2/c1-2-13-9(12)6-7-3-4-11-8(10)5-7/h3-5H,2,6H2,1H3. The summed E-state index contributed by atoms with van der Waals surface area (Å²) in [6.07, 6.45) is 1.95. The van der Waals surface area contributed by atoms with E-state index in [0.29, 0.717) is 13.0 Å². The molecule has 0 atom stereocenters. The molecule has 1 aromatic rings. The van der Waals surface area contributed by atoms with E-state index < -0.39 is 0 Å². The summed E-state index contributed by atoms with van der Waals surface area (Å²) in [5, 5.41) is 0. The van der Waals surface area contributed by atoms with Gasteiger partial charge in [-0.2, -0.15) is 0 Å². The minimum Gasteiger partial charge on any atom is -0.466 e. The van der Waals surface area contributed by atoms with Gasteiger partial charge in [0.15, 0.2) is 0 Å². The lowest BCUT2D eigenvalue weighted by atomic mass is 10.2. The first-order valence-corrected chi connectivity index (χ1v) is 4.77. The Hall–Kier alpha value is -0.900. The quantitative estimate of drug-likeness (QED) is 0.602. The highest BCUT2D eigenvalue weighted by Crippen LogP contribution is 2.08. The van der Waals surface area contributed by atoms with E-state index in [4.69, 9.17) is 4.74 Å². The Morgan fingerprint density at radius 1 is 1.69 bits per heavy atom. The van der Waals surface area contributed by atoms with Crippen LogP contribution in [0.25, 0.3) is 0 Å². The normalized spacial score (nSPS) is 9.69. The van der Waals surface area contributed by atoms with Gasteiger partial charge in [-0.1, -0.05) is 0 Å².